The molecule has 0 unspecified atom stereocenters. The number of rotatable bonds is 9. The van der Waals surface area contributed by atoms with Gasteiger partial charge in [0.1, 0.15) is 6.04 Å². The maximum absolute atomic E-state index is 12.5. The number of thioether (sulfide) groups is 1. The van der Waals surface area contributed by atoms with Crippen molar-refractivity contribution in [3.8, 4) is 0 Å². The molecular formula is C12H17F3N4O3S. The largest absolute Gasteiger partial charge is 0.464 e. The van der Waals surface area contributed by atoms with Crippen LogP contribution in [0.5, 0.6) is 0 Å². The maximum Gasteiger partial charge on any atom is 0.410 e. The van der Waals surface area contributed by atoms with Crippen molar-refractivity contribution < 1.29 is 27.5 Å². The molecule has 0 saturated heterocycles. The van der Waals surface area contributed by atoms with Gasteiger partial charge in [-0.1, -0.05) is 5.11 Å². The molecule has 11 heteroatoms. The molecule has 0 rings (SSSR count). The van der Waals surface area contributed by atoms with Gasteiger partial charge in [0.05, 0.1) is 6.61 Å². The second kappa shape index (κ2) is 10.8. The second-order valence-corrected chi connectivity index (χ2v) is 5.32. The number of alkyl halides is 3. The van der Waals surface area contributed by atoms with Crippen LogP contribution in [0, 0.1) is 0 Å². The molecule has 0 spiro atoms. The molecule has 23 heavy (non-hydrogen) atoms. The van der Waals surface area contributed by atoms with Crippen LogP contribution in [-0.4, -0.2) is 43.0 Å². The topological polar surface area (TPSA) is 104 Å². The standard InChI is InChI=1S/C12H17F3N4O3S/c1-3-22-11(21)10(18-8(2)20)7-23-9(4-5-17-19-16)6-12(13,14)15/h6,10H,3-5,7H2,1-2H3,(H,18,20)/b9-6-/t10-/m1/s1. The Kier molecular flexibility index (Phi) is 9.91. The SMILES string of the molecule is CCOC(=O)[C@@H](CS/C(=C\C(F)(F)F)CCN=[N+]=[N-])NC(C)=O. The van der Waals surface area contributed by atoms with Crippen molar-refractivity contribution in [1.82, 2.24) is 5.32 Å². The van der Waals surface area contributed by atoms with Gasteiger partial charge in [0, 0.05) is 30.2 Å². The molecule has 0 bridgehead atoms. The van der Waals surface area contributed by atoms with Gasteiger partial charge in [-0.25, -0.2) is 4.79 Å². The number of esters is 1. The summed E-state index contributed by atoms with van der Waals surface area (Å²) in [6.45, 7) is 2.70. The molecule has 0 aromatic rings. The summed E-state index contributed by atoms with van der Waals surface area (Å²) in [7, 11) is 0. The Morgan fingerprint density at radius 1 is 1.48 bits per heavy atom. The first-order valence-electron chi connectivity index (χ1n) is 6.55. The van der Waals surface area contributed by atoms with Crippen LogP contribution in [-0.2, 0) is 14.3 Å². The predicted octanol–water partition coefficient (Wildman–Crippen LogP) is 2.93. The van der Waals surface area contributed by atoms with E-state index in [1.807, 2.05) is 0 Å². The fourth-order valence-corrected chi connectivity index (χ4v) is 2.47. The van der Waals surface area contributed by atoms with E-state index in [0.29, 0.717) is 0 Å². The molecule has 0 radical (unpaired) electrons. The summed E-state index contributed by atoms with van der Waals surface area (Å²) in [6, 6.07) is -1.06. The highest BCUT2D eigenvalue weighted by molar-refractivity contribution is 8.03. The number of nitrogens with one attached hydrogen (secondary N) is 1. The van der Waals surface area contributed by atoms with Gasteiger partial charge in [0.2, 0.25) is 5.91 Å². The van der Waals surface area contributed by atoms with Crippen molar-refractivity contribution in [2.75, 3.05) is 18.9 Å². The summed E-state index contributed by atoms with van der Waals surface area (Å²) in [5, 5.41) is 5.50. The zero-order valence-corrected chi connectivity index (χ0v) is 13.4. The minimum atomic E-state index is -4.54. The van der Waals surface area contributed by atoms with Crippen LogP contribution < -0.4 is 5.32 Å². The van der Waals surface area contributed by atoms with Gasteiger partial charge in [0.15, 0.2) is 0 Å². The Bertz CT molecular complexity index is 490. The van der Waals surface area contributed by atoms with Gasteiger partial charge in [-0.15, -0.1) is 11.8 Å². The molecule has 1 N–H and O–H groups in total. The minimum Gasteiger partial charge on any atom is -0.464 e. The van der Waals surface area contributed by atoms with Gasteiger partial charge in [0.25, 0.3) is 0 Å². The molecule has 0 aliphatic carbocycles. The average molecular weight is 354 g/mol. The second-order valence-electron chi connectivity index (χ2n) is 4.17. The van der Waals surface area contributed by atoms with E-state index < -0.39 is 24.1 Å². The fourth-order valence-electron chi connectivity index (χ4n) is 1.42. The van der Waals surface area contributed by atoms with Crippen molar-refractivity contribution in [3.05, 3.63) is 21.4 Å². The quantitative estimate of drug-likeness (QED) is 0.297. The summed E-state index contributed by atoms with van der Waals surface area (Å²) in [4.78, 5) is 25.1. The summed E-state index contributed by atoms with van der Waals surface area (Å²) < 4.78 is 42.2. The van der Waals surface area contributed by atoms with E-state index in [1.54, 1.807) is 6.92 Å². The van der Waals surface area contributed by atoms with Crippen LogP contribution in [0.4, 0.5) is 13.2 Å². The minimum absolute atomic E-state index is 0.0839. The zero-order chi connectivity index (χ0) is 17.9. The number of nitrogens with zero attached hydrogens (tertiary/aromatic N) is 3. The normalized spacial score (nSPS) is 13.0. The first-order chi connectivity index (χ1) is 10.7. The molecule has 0 saturated carbocycles. The van der Waals surface area contributed by atoms with Crippen LogP contribution >= 0.6 is 11.8 Å². The van der Waals surface area contributed by atoms with E-state index in [4.69, 9.17) is 10.3 Å². The number of carbonyl (C=O) groups is 2. The molecular weight excluding hydrogens is 337 g/mol. The molecule has 0 aromatic carbocycles. The fraction of sp³-hybridized carbons (Fsp3) is 0.667. The third kappa shape index (κ3) is 11.4. The predicted molar refractivity (Wildman–Crippen MR) is 79.5 cm³/mol. The van der Waals surface area contributed by atoms with Gasteiger partial charge >= 0.3 is 12.1 Å². The number of allylic oxidation sites excluding steroid dienone is 1. The molecule has 0 aliphatic rings. The number of hydrogen-bond donors (Lipinski definition) is 1. The number of hydrogen-bond acceptors (Lipinski definition) is 5. The molecule has 0 fully saturated rings. The summed E-state index contributed by atoms with van der Waals surface area (Å²) in [6.07, 6.45) is -4.57. The highest BCUT2D eigenvalue weighted by Crippen LogP contribution is 2.27. The molecule has 0 aliphatic heterocycles. The van der Waals surface area contributed by atoms with E-state index in [2.05, 4.69) is 15.3 Å². The summed E-state index contributed by atoms with van der Waals surface area (Å²) >= 11 is 0.745. The average Bonchev–Trinajstić information content (AvgIpc) is 2.41. The van der Waals surface area contributed by atoms with E-state index in [9.17, 15) is 22.8 Å². The van der Waals surface area contributed by atoms with Gasteiger partial charge in [-0.05, 0) is 23.8 Å². The number of azide groups is 1. The first kappa shape index (κ1) is 21.1. The Morgan fingerprint density at radius 3 is 2.61 bits per heavy atom. The molecule has 1 amide bonds. The van der Waals surface area contributed by atoms with Crippen LogP contribution in [0.15, 0.2) is 16.1 Å². The first-order valence-corrected chi connectivity index (χ1v) is 7.54. The van der Waals surface area contributed by atoms with Gasteiger partial charge in [-0.3, -0.25) is 4.79 Å². The zero-order valence-electron chi connectivity index (χ0n) is 12.6. The lowest BCUT2D eigenvalue weighted by molar-refractivity contribution is -0.146. The van der Waals surface area contributed by atoms with Gasteiger partial charge < -0.3 is 10.1 Å². The van der Waals surface area contributed by atoms with Crippen LogP contribution in [0.2, 0.25) is 0 Å². The van der Waals surface area contributed by atoms with Crippen molar-refractivity contribution >= 4 is 23.6 Å². The molecule has 0 aromatic heterocycles. The van der Waals surface area contributed by atoms with E-state index >= 15 is 0 Å². The van der Waals surface area contributed by atoms with Crippen LogP contribution in [0.25, 0.3) is 10.4 Å². The molecule has 1 atom stereocenters. The summed E-state index contributed by atoms with van der Waals surface area (Å²) in [5.41, 5.74) is 8.16. The number of carbonyl (C=O) groups excluding carboxylic acids is 2. The van der Waals surface area contributed by atoms with E-state index in [1.165, 1.54) is 6.92 Å². The van der Waals surface area contributed by atoms with Crippen LogP contribution in [0.1, 0.15) is 20.3 Å². The van der Waals surface area contributed by atoms with Crippen molar-refractivity contribution in [2.24, 2.45) is 5.11 Å². The lowest BCUT2D eigenvalue weighted by Gasteiger charge is -2.17. The Labute approximate surface area is 135 Å². The third-order valence-corrected chi connectivity index (χ3v) is 3.42. The maximum atomic E-state index is 12.5. The Hall–Kier alpha value is -1.87. The lowest BCUT2D eigenvalue weighted by Crippen LogP contribution is -2.42. The molecule has 130 valence electrons. The molecule has 7 nitrogen and oxygen atoms in total. The van der Waals surface area contributed by atoms with Crippen molar-refractivity contribution in [3.63, 3.8) is 0 Å². The Morgan fingerprint density at radius 2 is 2.13 bits per heavy atom. The van der Waals surface area contributed by atoms with Crippen LogP contribution in [0.3, 0.4) is 0 Å². The van der Waals surface area contributed by atoms with Gasteiger partial charge in [-0.2, -0.15) is 13.2 Å². The summed E-state index contributed by atoms with van der Waals surface area (Å²) in [5.74, 6) is -1.35. The highest BCUT2D eigenvalue weighted by atomic mass is 32.2. The Balaban J connectivity index is 4.93. The van der Waals surface area contributed by atoms with E-state index in [-0.39, 0.29) is 36.3 Å². The lowest BCUT2D eigenvalue weighted by atomic mass is 10.3. The number of ether oxygens (including phenoxy) is 1. The highest BCUT2D eigenvalue weighted by Gasteiger charge is 2.26. The monoisotopic (exact) mass is 354 g/mol. The molecule has 0 heterocycles. The van der Waals surface area contributed by atoms with Crippen molar-refractivity contribution in [1.29, 1.82) is 0 Å². The smallest absolute Gasteiger partial charge is 0.410 e. The van der Waals surface area contributed by atoms with E-state index in [0.717, 1.165) is 11.8 Å². The third-order valence-electron chi connectivity index (χ3n) is 2.23. The number of halogens is 3. The van der Waals surface area contributed by atoms with Crippen molar-refractivity contribution in [2.45, 2.75) is 32.5 Å². The number of amides is 1.